The van der Waals surface area contributed by atoms with Crippen molar-refractivity contribution < 1.29 is 5.11 Å². The lowest BCUT2D eigenvalue weighted by Crippen LogP contribution is -2.14. The molecule has 0 fully saturated rings. The molecular formula is C12H21N3O. The van der Waals surface area contributed by atoms with Gasteiger partial charge < -0.3 is 10.4 Å². The van der Waals surface area contributed by atoms with Crippen LogP contribution in [0.25, 0.3) is 0 Å². The predicted molar refractivity (Wildman–Crippen MR) is 65.5 cm³/mol. The van der Waals surface area contributed by atoms with Crippen molar-refractivity contribution in [3.63, 3.8) is 0 Å². The highest BCUT2D eigenvalue weighted by Crippen LogP contribution is 2.09. The number of hydrogen-bond acceptors (Lipinski definition) is 4. The van der Waals surface area contributed by atoms with Gasteiger partial charge in [-0.15, -0.1) is 0 Å². The van der Waals surface area contributed by atoms with E-state index in [4.69, 9.17) is 5.11 Å². The second kappa shape index (κ2) is 6.43. The average molecular weight is 223 g/mol. The number of nitrogens with zero attached hydrogens (tertiary/aromatic N) is 2. The largest absolute Gasteiger partial charge is 0.396 e. The highest BCUT2D eigenvalue weighted by Gasteiger charge is 2.03. The number of aliphatic hydroxyl groups is 1. The Morgan fingerprint density at radius 2 is 2.19 bits per heavy atom. The molecule has 0 aliphatic heterocycles. The molecule has 1 rings (SSSR count). The summed E-state index contributed by atoms with van der Waals surface area (Å²) in [5.41, 5.74) is 1.06. The van der Waals surface area contributed by atoms with E-state index in [1.54, 1.807) is 0 Å². The molecule has 1 unspecified atom stereocenters. The van der Waals surface area contributed by atoms with Crippen LogP contribution in [0.5, 0.6) is 0 Å². The Hall–Kier alpha value is -1.16. The zero-order chi connectivity index (χ0) is 12.0. The van der Waals surface area contributed by atoms with Crippen LogP contribution in [-0.4, -0.2) is 28.2 Å². The Morgan fingerprint density at radius 1 is 1.44 bits per heavy atom. The fourth-order valence-electron chi connectivity index (χ4n) is 1.50. The first-order valence-corrected chi connectivity index (χ1v) is 5.85. The van der Waals surface area contributed by atoms with Crippen LogP contribution in [0.3, 0.4) is 0 Å². The van der Waals surface area contributed by atoms with Crippen LogP contribution in [-0.2, 0) is 6.42 Å². The van der Waals surface area contributed by atoms with Gasteiger partial charge in [-0.3, -0.25) is 0 Å². The lowest BCUT2D eigenvalue weighted by atomic mass is 10.1. The summed E-state index contributed by atoms with van der Waals surface area (Å²) in [6.07, 6.45) is 1.74. The molecule has 90 valence electrons. The Labute approximate surface area is 97.1 Å². The van der Waals surface area contributed by atoms with Crippen molar-refractivity contribution in [3.05, 3.63) is 17.6 Å². The van der Waals surface area contributed by atoms with Crippen molar-refractivity contribution in [1.29, 1.82) is 0 Å². The predicted octanol–water partition coefficient (Wildman–Crippen LogP) is 1.78. The van der Waals surface area contributed by atoms with Gasteiger partial charge in [-0.25, -0.2) is 9.97 Å². The average Bonchev–Trinajstić information content (AvgIpc) is 2.26. The third-order valence-electron chi connectivity index (χ3n) is 2.51. The molecule has 1 aromatic heterocycles. The summed E-state index contributed by atoms with van der Waals surface area (Å²) in [5.74, 6) is 2.14. The summed E-state index contributed by atoms with van der Waals surface area (Å²) in [4.78, 5) is 8.65. The van der Waals surface area contributed by atoms with Crippen molar-refractivity contribution in [2.75, 3.05) is 18.5 Å². The minimum Gasteiger partial charge on any atom is -0.396 e. The Bertz CT molecular complexity index is 328. The molecule has 0 amide bonds. The van der Waals surface area contributed by atoms with Gasteiger partial charge >= 0.3 is 0 Å². The van der Waals surface area contributed by atoms with E-state index in [0.717, 1.165) is 36.7 Å². The molecule has 0 saturated heterocycles. The van der Waals surface area contributed by atoms with Crippen LogP contribution >= 0.6 is 0 Å². The van der Waals surface area contributed by atoms with E-state index in [1.165, 1.54) is 0 Å². The summed E-state index contributed by atoms with van der Waals surface area (Å²) < 4.78 is 0. The first kappa shape index (κ1) is 12.9. The van der Waals surface area contributed by atoms with Crippen molar-refractivity contribution in [1.82, 2.24) is 9.97 Å². The van der Waals surface area contributed by atoms with Crippen LogP contribution in [0.2, 0.25) is 0 Å². The highest BCUT2D eigenvalue weighted by atomic mass is 16.3. The molecule has 0 saturated carbocycles. The van der Waals surface area contributed by atoms with Crippen LogP contribution in [0.4, 0.5) is 5.82 Å². The number of rotatable bonds is 6. The molecule has 4 nitrogen and oxygen atoms in total. The van der Waals surface area contributed by atoms with Gasteiger partial charge in [0.25, 0.3) is 0 Å². The SMILES string of the molecule is CCc1cc(NCC(C)CCO)nc(C)n1. The fraction of sp³-hybridized carbons (Fsp3) is 0.667. The number of anilines is 1. The molecule has 0 spiro atoms. The summed E-state index contributed by atoms with van der Waals surface area (Å²) in [5, 5.41) is 12.1. The standard InChI is InChI=1S/C12H21N3O/c1-4-11-7-12(15-10(3)14-11)13-8-9(2)5-6-16/h7,9,16H,4-6,8H2,1-3H3,(H,13,14,15). The van der Waals surface area contributed by atoms with Crippen LogP contribution in [0.1, 0.15) is 31.8 Å². The molecule has 1 heterocycles. The summed E-state index contributed by atoms with van der Waals surface area (Å²) in [7, 11) is 0. The molecule has 16 heavy (non-hydrogen) atoms. The Balaban J connectivity index is 2.56. The molecule has 0 aromatic carbocycles. The Kier molecular flexibility index (Phi) is 5.19. The van der Waals surface area contributed by atoms with E-state index in [1.807, 2.05) is 13.0 Å². The smallest absolute Gasteiger partial charge is 0.129 e. The van der Waals surface area contributed by atoms with E-state index in [0.29, 0.717) is 5.92 Å². The quantitative estimate of drug-likeness (QED) is 0.771. The van der Waals surface area contributed by atoms with Gasteiger partial charge in [-0.2, -0.15) is 0 Å². The Morgan fingerprint density at radius 3 is 2.81 bits per heavy atom. The van der Waals surface area contributed by atoms with Gasteiger partial charge in [0, 0.05) is 24.9 Å². The maximum Gasteiger partial charge on any atom is 0.129 e. The van der Waals surface area contributed by atoms with E-state index in [-0.39, 0.29) is 6.61 Å². The van der Waals surface area contributed by atoms with Gasteiger partial charge in [-0.1, -0.05) is 13.8 Å². The van der Waals surface area contributed by atoms with E-state index in [9.17, 15) is 0 Å². The summed E-state index contributed by atoms with van der Waals surface area (Å²) >= 11 is 0. The first-order chi connectivity index (χ1) is 7.65. The van der Waals surface area contributed by atoms with Crippen LogP contribution in [0.15, 0.2) is 6.07 Å². The molecule has 0 bridgehead atoms. The van der Waals surface area contributed by atoms with E-state index >= 15 is 0 Å². The monoisotopic (exact) mass is 223 g/mol. The fourth-order valence-corrected chi connectivity index (χ4v) is 1.50. The summed E-state index contributed by atoms with van der Waals surface area (Å²) in [6, 6.07) is 1.98. The molecule has 0 radical (unpaired) electrons. The molecule has 4 heteroatoms. The van der Waals surface area contributed by atoms with Gasteiger partial charge in [0.2, 0.25) is 0 Å². The van der Waals surface area contributed by atoms with Crippen LogP contribution in [0, 0.1) is 12.8 Å². The third kappa shape index (κ3) is 4.14. The van der Waals surface area contributed by atoms with E-state index < -0.39 is 0 Å². The van der Waals surface area contributed by atoms with E-state index in [2.05, 4.69) is 29.1 Å². The maximum absolute atomic E-state index is 8.81. The number of aryl methyl sites for hydroxylation is 2. The van der Waals surface area contributed by atoms with Crippen molar-refractivity contribution >= 4 is 5.82 Å². The molecule has 1 atom stereocenters. The minimum absolute atomic E-state index is 0.242. The van der Waals surface area contributed by atoms with Gasteiger partial charge in [-0.05, 0) is 25.7 Å². The lowest BCUT2D eigenvalue weighted by molar-refractivity contribution is 0.266. The third-order valence-corrected chi connectivity index (χ3v) is 2.51. The molecule has 2 N–H and O–H groups in total. The number of nitrogens with one attached hydrogen (secondary N) is 1. The zero-order valence-corrected chi connectivity index (χ0v) is 10.3. The first-order valence-electron chi connectivity index (χ1n) is 5.85. The molecule has 0 aliphatic rings. The zero-order valence-electron chi connectivity index (χ0n) is 10.3. The van der Waals surface area contributed by atoms with Gasteiger partial charge in [0.15, 0.2) is 0 Å². The lowest BCUT2D eigenvalue weighted by Gasteiger charge is -2.12. The van der Waals surface area contributed by atoms with Gasteiger partial charge in [0.1, 0.15) is 11.6 Å². The number of aliphatic hydroxyl groups excluding tert-OH is 1. The van der Waals surface area contributed by atoms with Crippen LogP contribution < -0.4 is 5.32 Å². The van der Waals surface area contributed by atoms with Gasteiger partial charge in [0.05, 0.1) is 0 Å². The highest BCUT2D eigenvalue weighted by molar-refractivity contribution is 5.36. The van der Waals surface area contributed by atoms with Crippen molar-refractivity contribution in [2.24, 2.45) is 5.92 Å². The summed E-state index contributed by atoms with van der Waals surface area (Å²) in [6.45, 7) is 7.17. The van der Waals surface area contributed by atoms with Crippen molar-refractivity contribution in [3.8, 4) is 0 Å². The molecule has 1 aromatic rings. The number of aromatic nitrogens is 2. The molecule has 0 aliphatic carbocycles. The second-order valence-electron chi connectivity index (χ2n) is 4.14. The van der Waals surface area contributed by atoms with Crippen molar-refractivity contribution in [2.45, 2.75) is 33.6 Å². The second-order valence-corrected chi connectivity index (χ2v) is 4.14. The normalized spacial score (nSPS) is 12.5. The molecular weight excluding hydrogens is 202 g/mol. The number of hydrogen-bond donors (Lipinski definition) is 2. The topological polar surface area (TPSA) is 58.0 Å². The minimum atomic E-state index is 0.242. The maximum atomic E-state index is 8.81.